The minimum atomic E-state index is -0.104. The summed E-state index contributed by atoms with van der Waals surface area (Å²) in [6.45, 7) is 4.35. The van der Waals surface area contributed by atoms with Crippen LogP contribution in [0.1, 0.15) is 19.8 Å². The van der Waals surface area contributed by atoms with E-state index in [-0.39, 0.29) is 24.9 Å². The number of ether oxygens (including phenoxy) is 2. The maximum atomic E-state index is 11.5. The summed E-state index contributed by atoms with van der Waals surface area (Å²) < 4.78 is 10.9. The normalized spacial score (nSPS) is 9.62. The van der Waals surface area contributed by atoms with Crippen LogP contribution in [0.4, 0.5) is 0 Å². The Morgan fingerprint density at radius 3 is 2.29 bits per heavy atom. The van der Waals surface area contributed by atoms with Crippen LogP contribution in [-0.4, -0.2) is 39.3 Å². The van der Waals surface area contributed by atoms with Crippen molar-refractivity contribution in [2.75, 3.05) is 33.4 Å². The molecule has 1 aromatic carbocycles. The van der Waals surface area contributed by atoms with Gasteiger partial charge in [0.1, 0.15) is 11.5 Å². The van der Waals surface area contributed by atoms with E-state index in [1.807, 2.05) is 19.2 Å². The molecule has 21 heavy (non-hydrogen) atoms. The molecule has 1 aromatic rings. The second-order valence-corrected chi connectivity index (χ2v) is 4.42. The van der Waals surface area contributed by atoms with Gasteiger partial charge in [-0.3, -0.25) is 4.79 Å². The summed E-state index contributed by atoms with van der Waals surface area (Å²) in [7, 11) is 1.89. The Bertz CT molecular complexity index is 385. The van der Waals surface area contributed by atoms with Crippen LogP contribution in [0, 0.1) is 0 Å². The zero-order valence-corrected chi connectivity index (χ0v) is 13.5. The van der Waals surface area contributed by atoms with E-state index in [4.69, 9.17) is 9.47 Å². The molecule has 0 aliphatic rings. The highest BCUT2D eigenvalue weighted by Gasteiger charge is 2.02. The first-order valence-electron chi connectivity index (χ1n) is 7.03. The van der Waals surface area contributed by atoms with E-state index in [9.17, 15) is 4.79 Å². The molecular weight excluding hydrogens is 292 g/mol. The summed E-state index contributed by atoms with van der Waals surface area (Å²) in [4.78, 5) is 11.5. The highest BCUT2D eigenvalue weighted by Crippen LogP contribution is 2.17. The standard InChI is InChI=1S/C15H24N2O3.ClH/c1-3-11-19-13-5-7-14(8-6-13)20-12-15(18)17-10-4-9-16-2;/h5-8,16H,3-4,9-12H2,1-2H3,(H,17,18);1H. The molecule has 6 heteroatoms. The number of nitrogens with one attached hydrogen (secondary N) is 2. The van der Waals surface area contributed by atoms with Gasteiger partial charge in [-0.2, -0.15) is 0 Å². The molecule has 0 heterocycles. The molecule has 120 valence electrons. The summed E-state index contributed by atoms with van der Waals surface area (Å²) in [6, 6.07) is 7.30. The van der Waals surface area contributed by atoms with Gasteiger partial charge in [0.15, 0.2) is 6.61 Å². The number of hydrogen-bond donors (Lipinski definition) is 2. The summed E-state index contributed by atoms with van der Waals surface area (Å²) in [5.74, 6) is 1.38. The maximum absolute atomic E-state index is 11.5. The third-order valence-electron chi connectivity index (χ3n) is 2.59. The molecule has 5 nitrogen and oxygen atoms in total. The van der Waals surface area contributed by atoms with Crippen LogP contribution in [0.5, 0.6) is 11.5 Å². The van der Waals surface area contributed by atoms with Crippen LogP contribution >= 0.6 is 12.4 Å². The van der Waals surface area contributed by atoms with Gasteiger partial charge < -0.3 is 20.1 Å². The third-order valence-corrected chi connectivity index (χ3v) is 2.59. The van der Waals surface area contributed by atoms with Crippen LogP contribution < -0.4 is 20.1 Å². The Hall–Kier alpha value is -1.46. The molecule has 0 saturated heterocycles. The van der Waals surface area contributed by atoms with Gasteiger partial charge in [0, 0.05) is 6.54 Å². The van der Waals surface area contributed by atoms with E-state index < -0.39 is 0 Å². The molecule has 0 radical (unpaired) electrons. The molecule has 0 fully saturated rings. The fourth-order valence-electron chi connectivity index (χ4n) is 1.54. The summed E-state index contributed by atoms with van der Waals surface area (Å²) in [5.41, 5.74) is 0. The quantitative estimate of drug-likeness (QED) is 0.648. The lowest BCUT2D eigenvalue weighted by atomic mass is 10.3. The Morgan fingerprint density at radius 1 is 1.10 bits per heavy atom. The molecule has 0 atom stereocenters. The number of halogens is 1. The van der Waals surface area contributed by atoms with Gasteiger partial charge in [-0.25, -0.2) is 0 Å². The Labute approximate surface area is 132 Å². The van der Waals surface area contributed by atoms with Crippen LogP contribution in [0.2, 0.25) is 0 Å². The molecule has 0 bridgehead atoms. The summed E-state index contributed by atoms with van der Waals surface area (Å²) >= 11 is 0. The summed E-state index contributed by atoms with van der Waals surface area (Å²) in [6.07, 6.45) is 1.89. The fraction of sp³-hybridized carbons (Fsp3) is 0.533. The van der Waals surface area contributed by atoms with Gasteiger partial charge in [0.25, 0.3) is 5.91 Å². The smallest absolute Gasteiger partial charge is 0.257 e. The van der Waals surface area contributed by atoms with E-state index in [1.165, 1.54) is 0 Å². The van der Waals surface area contributed by atoms with Crippen molar-refractivity contribution in [2.45, 2.75) is 19.8 Å². The molecule has 0 unspecified atom stereocenters. The van der Waals surface area contributed by atoms with Gasteiger partial charge in [-0.1, -0.05) is 6.92 Å². The lowest BCUT2D eigenvalue weighted by molar-refractivity contribution is -0.123. The van der Waals surface area contributed by atoms with Crippen molar-refractivity contribution < 1.29 is 14.3 Å². The molecule has 2 N–H and O–H groups in total. The van der Waals surface area contributed by atoms with Crippen molar-refractivity contribution in [3.8, 4) is 11.5 Å². The first-order chi connectivity index (χ1) is 9.76. The number of carbonyl (C=O) groups is 1. The van der Waals surface area contributed by atoms with Crippen LogP contribution in [-0.2, 0) is 4.79 Å². The molecular formula is C15H25ClN2O3. The van der Waals surface area contributed by atoms with Crippen molar-refractivity contribution in [3.05, 3.63) is 24.3 Å². The molecule has 0 saturated carbocycles. The number of amides is 1. The minimum Gasteiger partial charge on any atom is -0.494 e. The molecule has 0 spiro atoms. The average Bonchev–Trinajstić information content (AvgIpc) is 2.48. The van der Waals surface area contributed by atoms with Gasteiger partial charge in [0.2, 0.25) is 0 Å². The zero-order chi connectivity index (χ0) is 14.6. The lowest BCUT2D eigenvalue weighted by Crippen LogP contribution is -2.30. The summed E-state index contributed by atoms with van der Waals surface area (Å²) in [5, 5.41) is 5.82. The first-order valence-corrected chi connectivity index (χ1v) is 7.03. The monoisotopic (exact) mass is 316 g/mol. The fourth-order valence-corrected chi connectivity index (χ4v) is 1.54. The van der Waals surface area contributed by atoms with Crippen LogP contribution in [0.3, 0.4) is 0 Å². The Morgan fingerprint density at radius 2 is 1.71 bits per heavy atom. The highest BCUT2D eigenvalue weighted by molar-refractivity contribution is 5.85. The molecule has 1 rings (SSSR count). The number of hydrogen-bond acceptors (Lipinski definition) is 4. The van der Waals surface area contributed by atoms with Gasteiger partial charge in [-0.15, -0.1) is 12.4 Å². The number of carbonyl (C=O) groups excluding carboxylic acids is 1. The van der Waals surface area contributed by atoms with E-state index in [0.717, 1.165) is 25.1 Å². The second kappa shape index (κ2) is 12.3. The Kier molecular flexibility index (Phi) is 11.4. The molecule has 0 aliphatic carbocycles. The van der Waals surface area contributed by atoms with E-state index in [1.54, 1.807) is 12.1 Å². The van der Waals surface area contributed by atoms with Gasteiger partial charge in [0.05, 0.1) is 6.61 Å². The van der Waals surface area contributed by atoms with Crippen molar-refractivity contribution in [1.82, 2.24) is 10.6 Å². The van der Waals surface area contributed by atoms with Crippen molar-refractivity contribution >= 4 is 18.3 Å². The van der Waals surface area contributed by atoms with Gasteiger partial charge >= 0.3 is 0 Å². The van der Waals surface area contributed by atoms with Crippen LogP contribution in [0.25, 0.3) is 0 Å². The van der Waals surface area contributed by atoms with Gasteiger partial charge in [-0.05, 0) is 50.7 Å². The van der Waals surface area contributed by atoms with Crippen LogP contribution in [0.15, 0.2) is 24.3 Å². The Balaban J connectivity index is 0.00000400. The first kappa shape index (κ1) is 19.5. The predicted octanol–water partition coefficient (Wildman–Crippen LogP) is 2.00. The highest BCUT2D eigenvalue weighted by atomic mass is 35.5. The van der Waals surface area contributed by atoms with E-state index in [0.29, 0.717) is 18.9 Å². The zero-order valence-electron chi connectivity index (χ0n) is 12.7. The SMILES string of the molecule is CCCOc1ccc(OCC(=O)NCCCNC)cc1.Cl. The number of rotatable bonds is 10. The topological polar surface area (TPSA) is 59.6 Å². The van der Waals surface area contributed by atoms with E-state index in [2.05, 4.69) is 17.6 Å². The molecule has 1 amide bonds. The van der Waals surface area contributed by atoms with Crippen molar-refractivity contribution in [2.24, 2.45) is 0 Å². The van der Waals surface area contributed by atoms with Crippen molar-refractivity contribution in [3.63, 3.8) is 0 Å². The average molecular weight is 317 g/mol. The largest absolute Gasteiger partial charge is 0.494 e. The third kappa shape index (κ3) is 9.15. The van der Waals surface area contributed by atoms with Crippen molar-refractivity contribution in [1.29, 1.82) is 0 Å². The maximum Gasteiger partial charge on any atom is 0.257 e. The van der Waals surface area contributed by atoms with E-state index >= 15 is 0 Å². The second-order valence-electron chi connectivity index (χ2n) is 4.42. The minimum absolute atomic E-state index is 0. The molecule has 0 aromatic heterocycles. The predicted molar refractivity (Wildman–Crippen MR) is 86.5 cm³/mol. The number of benzene rings is 1. The molecule has 0 aliphatic heterocycles. The lowest BCUT2D eigenvalue weighted by Gasteiger charge is -2.08.